The van der Waals surface area contributed by atoms with E-state index in [1.807, 2.05) is 0 Å². The van der Waals surface area contributed by atoms with E-state index in [-0.39, 0.29) is 22.3 Å². The monoisotopic (exact) mass is 408 g/mol. The van der Waals surface area contributed by atoms with Crippen LogP contribution in [0.15, 0.2) is 29.2 Å². The maximum absolute atomic E-state index is 14.7. The number of fused-ring (bicyclic) bond motifs is 1. The summed E-state index contributed by atoms with van der Waals surface area (Å²) in [7, 11) is 0. The second-order valence-electron chi connectivity index (χ2n) is 6.83. The number of aromatic nitrogens is 3. The number of nitrogen functional groups attached to an aromatic ring is 1. The summed E-state index contributed by atoms with van der Waals surface area (Å²) >= 11 is 0. The number of alkyl halides is 3. The first kappa shape index (κ1) is 20.8. The molecule has 0 aliphatic heterocycles. The summed E-state index contributed by atoms with van der Waals surface area (Å²) in [6, 6.07) is 4.08. The van der Waals surface area contributed by atoms with E-state index in [9.17, 15) is 22.4 Å². The van der Waals surface area contributed by atoms with E-state index in [1.165, 1.54) is 10.6 Å². The maximum Gasteiger partial charge on any atom is 0.421 e. The highest BCUT2D eigenvalue weighted by Crippen LogP contribution is 2.36. The van der Waals surface area contributed by atoms with Crippen LogP contribution in [0.3, 0.4) is 0 Å². The summed E-state index contributed by atoms with van der Waals surface area (Å²) in [6.45, 7) is 3.72. The minimum absolute atomic E-state index is 0.121. The number of hydrogen-bond donors (Lipinski definition) is 1. The van der Waals surface area contributed by atoms with Crippen LogP contribution in [0.4, 0.5) is 23.4 Å². The number of hydrogen-bond acceptors (Lipinski definition) is 4. The van der Waals surface area contributed by atoms with Gasteiger partial charge in [-0.15, -0.1) is 0 Å². The Morgan fingerprint density at radius 3 is 2.52 bits per heavy atom. The van der Waals surface area contributed by atoms with Crippen LogP contribution in [0, 0.1) is 12.7 Å². The molecule has 2 aromatic heterocycles. The molecule has 0 fully saturated rings. The van der Waals surface area contributed by atoms with E-state index in [1.54, 1.807) is 12.3 Å². The normalized spacial score (nSPS) is 11.9. The number of benzene rings is 1. The molecular formula is C20H20F4N4O. The van der Waals surface area contributed by atoms with Crippen LogP contribution >= 0.6 is 0 Å². The van der Waals surface area contributed by atoms with Crippen molar-refractivity contribution in [2.75, 3.05) is 5.73 Å². The minimum atomic E-state index is -4.71. The highest BCUT2D eigenvalue weighted by molar-refractivity contribution is 5.86. The first-order chi connectivity index (χ1) is 13.6. The van der Waals surface area contributed by atoms with Gasteiger partial charge in [0.1, 0.15) is 17.2 Å². The Balaban J connectivity index is 2.09. The molecule has 0 spiro atoms. The summed E-state index contributed by atoms with van der Waals surface area (Å²) in [5.74, 6) is -1.84. The smallest absolute Gasteiger partial charge is 0.383 e. The van der Waals surface area contributed by atoms with Gasteiger partial charge in [-0.25, -0.2) is 14.4 Å². The lowest BCUT2D eigenvalue weighted by Gasteiger charge is -2.14. The Hall–Kier alpha value is -2.97. The third-order valence-corrected chi connectivity index (χ3v) is 4.71. The van der Waals surface area contributed by atoms with Crippen molar-refractivity contribution in [1.82, 2.24) is 14.5 Å². The second-order valence-corrected chi connectivity index (χ2v) is 6.83. The number of aryl methyl sites for hydroxylation is 2. The summed E-state index contributed by atoms with van der Waals surface area (Å²) < 4.78 is 55.4. The summed E-state index contributed by atoms with van der Waals surface area (Å²) in [4.78, 5) is 20.1. The fraction of sp³-hybridized carbons (Fsp3) is 0.350. The molecule has 154 valence electrons. The third kappa shape index (κ3) is 4.08. The van der Waals surface area contributed by atoms with Gasteiger partial charge in [-0.1, -0.05) is 19.8 Å². The molecule has 0 radical (unpaired) electrons. The van der Waals surface area contributed by atoms with Gasteiger partial charge in [-0.3, -0.25) is 4.79 Å². The number of halogens is 4. The van der Waals surface area contributed by atoms with Crippen molar-refractivity contribution in [3.05, 3.63) is 51.8 Å². The predicted molar refractivity (Wildman–Crippen MR) is 103 cm³/mol. The van der Waals surface area contributed by atoms with Gasteiger partial charge in [0.05, 0.1) is 16.6 Å². The first-order valence-corrected chi connectivity index (χ1v) is 9.18. The van der Waals surface area contributed by atoms with Crippen LogP contribution in [-0.4, -0.2) is 14.5 Å². The molecule has 3 rings (SSSR count). The van der Waals surface area contributed by atoms with Crippen molar-refractivity contribution in [1.29, 1.82) is 0 Å². The van der Waals surface area contributed by atoms with Crippen LogP contribution < -0.4 is 11.3 Å². The average molecular weight is 408 g/mol. The molecule has 2 heterocycles. The third-order valence-electron chi connectivity index (χ3n) is 4.71. The molecule has 0 unspecified atom stereocenters. The Morgan fingerprint density at radius 1 is 1.17 bits per heavy atom. The number of anilines is 1. The van der Waals surface area contributed by atoms with Crippen molar-refractivity contribution in [3.63, 3.8) is 0 Å². The van der Waals surface area contributed by atoms with Gasteiger partial charge in [0.15, 0.2) is 5.82 Å². The van der Waals surface area contributed by atoms with Gasteiger partial charge in [0, 0.05) is 12.7 Å². The van der Waals surface area contributed by atoms with Crippen LogP contribution in [0.5, 0.6) is 0 Å². The zero-order valence-corrected chi connectivity index (χ0v) is 16.0. The topological polar surface area (TPSA) is 73.8 Å². The number of unbranched alkanes of at least 4 members (excludes halogenated alkanes) is 2. The molecule has 0 aliphatic carbocycles. The Bertz CT molecular complexity index is 1100. The number of pyridine rings is 1. The fourth-order valence-electron chi connectivity index (χ4n) is 3.25. The first-order valence-electron chi connectivity index (χ1n) is 9.18. The number of nitrogens with two attached hydrogens (primary N) is 1. The van der Waals surface area contributed by atoms with Crippen LogP contribution in [0.2, 0.25) is 0 Å². The van der Waals surface area contributed by atoms with Crippen molar-refractivity contribution in [2.24, 2.45) is 0 Å². The molecule has 29 heavy (non-hydrogen) atoms. The zero-order chi connectivity index (χ0) is 21.3. The van der Waals surface area contributed by atoms with Gasteiger partial charge >= 0.3 is 6.18 Å². The molecule has 0 saturated carbocycles. The van der Waals surface area contributed by atoms with Crippen molar-refractivity contribution < 1.29 is 17.6 Å². The second kappa shape index (κ2) is 7.81. The predicted octanol–water partition coefficient (Wildman–Crippen LogP) is 4.70. The maximum atomic E-state index is 14.7. The molecule has 0 saturated heterocycles. The molecule has 1 aromatic carbocycles. The van der Waals surface area contributed by atoms with Gasteiger partial charge in [-0.2, -0.15) is 13.2 Å². The summed E-state index contributed by atoms with van der Waals surface area (Å²) in [5, 5.41) is 0.625. The molecule has 0 bridgehead atoms. The Morgan fingerprint density at radius 2 is 1.90 bits per heavy atom. The average Bonchev–Trinajstić information content (AvgIpc) is 2.62. The van der Waals surface area contributed by atoms with Crippen molar-refractivity contribution in [2.45, 2.75) is 45.8 Å². The van der Waals surface area contributed by atoms with Gasteiger partial charge < -0.3 is 10.3 Å². The number of nitrogens with zero attached hydrogens (tertiary/aromatic N) is 3. The van der Waals surface area contributed by atoms with E-state index < -0.39 is 29.1 Å². The standard InChI is InChI=1S/C20H20F4N4O/c1-3-4-5-7-28-8-6-12-9-14(15(21)10-13(12)19(28)29)18-26-11(2)16(17(25)27-18)20(22,23)24/h6,8-10H,3-5,7H2,1-2H3,(H2,25,26,27). The molecule has 0 atom stereocenters. The molecule has 2 N–H and O–H groups in total. The molecule has 0 aliphatic rings. The minimum Gasteiger partial charge on any atom is -0.383 e. The molecule has 3 aromatic rings. The van der Waals surface area contributed by atoms with Crippen LogP contribution in [-0.2, 0) is 12.7 Å². The van der Waals surface area contributed by atoms with Gasteiger partial charge in [0.25, 0.3) is 5.56 Å². The lowest BCUT2D eigenvalue weighted by atomic mass is 10.1. The highest BCUT2D eigenvalue weighted by atomic mass is 19.4. The lowest BCUT2D eigenvalue weighted by Crippen LogP contribution is -2.19. The van der Waals surface area contributed by atoms with Crippen LogP contribution in [0.1, 0.15) is 37.4 Å². The van der Waals surface area contributed by atoms with Gasteiger partial charge in [0.2, 0.25) is 0 Å². The zero-order valence-electron chi connectivity index (χ0n) is 16.0. The van der Waals surface area contributed by atoms with E-state index in [0.717, 1.165) is 32.3 Å². The van der Waals surface area contributed by atoms with E-state index in [4.69, 9.17) is 5.73 Å². The lowest BCUT2D eigenvalue weighted by molar-refractivity contribution is -0.137. The van der Waals surface area contributed by atoms with Gasteiger partial charge in [-0.05, 0) is 36.9 Å². The molecule has 5 nitrogen and oxygen atoms in total. The molecular weight excluding hydrogens is 388 g/mol. The van der Waals surface area contributed by atoms with Crippen LogP contribution in [0.25, 0.3) is 22.2 Å². The van der Waals surface area contributed by atoms with Crippen molar-refractivity contribution >= 4 is 16.6 Å². The summed E-state index contributed by atoms with van der Waals surface area (Å²) in [6.07, 6.45) is -0.271. The Labute approximate surface area is 164 Å². The Kier molecular flexibility index (Phi) is 5.59. The fourth-order valence-corrected chi connectivity index (χ4v) is 3.25. The highest BCUT2D eigenvalue weighted by Gasteiger charge is 2.37. The summed E-state index contributed by atoms with van der Waals surface area (Å²) in [5.41, 5.74) is 3.48. The van der Waals surface area contributed by atoms with E-state index >= 15 is 0 Å². The van der Waals surface area contributed by atoms with E-state index in [2.05, 4.69) is 16.9 Å². The molecule has 0 amide bonds. The quantitative estimate of drug-likeness (QED) is 0.491. The SMILES string of the molecule is CCCCCn1ccc2cc(-c3nc(C)c(C(F)(F)F)c(N)n3)c(F)cc2c1=O. The molecule has 9 heteroatoms. The van der Waals surface area contributed by atoms with Crippen molar-refractivity contribution in [3.8, 4) is 11.4 Å². The number of rotatable bonds is 5. The largest absolute Gasteiger partial charge is 0.421 e. The van der Waals surface area contributed by atoms with E-state index in [0.29, 0.717) is 11.9 Å².